The first-order valence-corrected chi connectivity index (χ1v) is 5.05. The van der Waals surface area contributed by atoms with E-state index >= 15 is 0 Å². The fourth-order valence-electron chi connectivity index (χ4n) is 1.43. The van der Waals surface area contributed by atoms with Crippen molar-refractivity contribution < 1.29 is 13.5 Å². The zero-order chi connectivity index (χ0) is 12.4. The molecule has 4 heteroatoms. The number of hydrogen-bond donors (Lipinski definition) is 1. The Kier molecular flexibility index (Phi) is 2.95. The summed E-state index contributed by atoms with van der Waals surface area (Å²) in [5, 5.41) is 0. The molecular weight excluding hydrogens is 224 g/mol. The average molecular weight is 235 g/mol. The van der Waals surface area contributed by atoms with Crippen LogP contribution in [-0.4, -0.2) is 0 Å². The van der Waals surface area contributed by atoms with E-state index in [0.29, 0.717) is 11.4 Å². The van der Waals surface area contributed by atoms with Gasteiger partial charge in [-0.15, -0.1) is 0 Å². The molecule has 0 fully saturated rings. The molecule has 0 saturated heterocycles. The van der Waals surface area contributed by atoms with Crippen LogP contribution in [0.5, 0.6) is 11.5 Å². The summed E-state index contributed by atoms with van der Waals surface area (Å²) in [5.74, 6) is -1.07. The number of benzene rings is 2. The van der Waals surface area contributed by atoms with Crippen LogP contribution in [0.25, 0.3) is 0 Å². The van der Waals surface area contributed by atoms with Crippen molar-refractivity contribution in [3.05, 3.63) is 53.6 Å². The minimum Gasteiger partial charge on any atom is -0.452 e. The van der Waals surface area contributed by atoms with Gasteiger partial charge in [0, 0.05) is 6.07 Å². The summed E-state index contributed by atoms with van der Waals surface area (Å²) >= 11 is 0. The van der Waals surface area contributed by atoms with Gasteiger partial charge in [0.2, 0.25) is 0 Å². The van der Waals surface area contributed by atoms with Crippen molar-refractivity contribution >= 4 is 5.69 Å². The molecule has 2 aromatic rings. The second-order valence-corrected chi connectivity index (χ2v) is 3.72. The first-order valence-electron chi connectivity index (χ1n) is 5.05. The molecule has 0 aliphatic heterocycles. The highest BCUT2D eigenvalue weighted by Crippen LogP contribution is 2.30. The van der Waals surface area contributed by atoms with Gasteiger partial charge in [-0.05, 0) is 36.8 Å². The number of aryl methyl sites for hydroxylation is 1. The van der Waals surface area contributed by atoms with Crippen LogP contribution in [0.1, 0.15) is 5.56 Å². The highest BCUT2D eigenvalue weighted by atomic mass is 19.1. The lowest BCUT2D eigenvalue weighted by Crippen LogP contribution is -1.94. The third-order valence-electron chi connectivity index (χ3n) is 2.28. The van der Waals surface area contributed by atoms with E-state index in [9.17, 15) is 8.78 Å². The topological polar surface area (TPSA) is 35.2 Å². The molecule has 0 aliphatic rings. The van der Waals surface area contributed by atoms with Gasteiger partial charge in [0.1, 0.15) is 11.6 Å². The molecule has 0 radical (unpaired) electrons. The third kappa shape index (κ3) is 2.53. The SMILES string of the molecule is Cc1ccc(Oc2cc(F)ccc2F)c(N)c1. The summed E-state index contributed by atoms with van der Waals surface area (Å²) in [6.45, 7) is 1.88. The quantitative estimate of drug-likeness (QED) is 0.806. The first-order chi connectivity index (χ1) is 8.06. The number of halogens is 2. The van der Waals surface area contributed by atoms with Crippen LogP contribution in [0.2, 0.25) is 0 Å². The minimum absolute atomic E-state index is 0.180. The Labute approximate surface area is 97.6 Å². The number of hydrogen-bond acceptors (Lipinski definition) is 2. The maximum absolute atomic E-state index is 13.3. The molecule has 2 rings (SSSR count). The molecule has 0 unspecified atom stereocenters. The Morgan fingerprint density at radius 2 is 1.76 bits per heavy atom. The first kappa shape index (κ1) is 11.4. The fraction of sp³-hybridized carbons (Fsp3) is 0.0769. The molecule has 2 aromatic carbocycles. The zero-order valence-electron chi connectivity index (χ0n) is 9.21. The molecule has 17 heavy (non-hydrogen) atoms. The van der Waals surface area contributed by atoms with Gasteiger partial charge in [-0.1, -0.05) is 6.07 Å². The highest BCUT2D eigenvalue weighted by molar-refractivity contribution is 5.55. The number of nitrogen functional groups attached to an aromatic ring is 1. The summed E-state index contributed by atoms with van der Waals surface area (Å²) in [5.41, 5.74) is 7.07. The standard InChI is InChI=1S/C13H11F2NO/c1-8-2-5-12(11(16)6-8)17-13-7-9(14)3-4-10(13)15/h2-7H,16H2,1H3. The summed E-state index contributed by atoms with van der Waals surface area (Å²) in [7, 11) is 0. The summed E-state index contributed by atoms with van der Waals surface area (Å²) in [6, 6.07) is 8.12. The van der Waals surface area contributed by atoms with E-state index in [0.717, 1.165) is 23.8 Å². The Morgan fingerprint density at radius 3 is 2.47 bits per heavy atom. The lowest BCUT2D eigenvalue weighted by Gasteiger charge is -2.09. The molecule has 2 N–H and O–H groups in total. The van der Waals surface area contributed by atoms with Gasteiger partial charge in [-0.3, -0.25) is 0 Å². The maximum atomic E-state index is 13.3. The van der Waals surface area contributed by atoms with Crippen molar-refractivity contribution in [2.75, 3.05) is 5.73 Å². The monoisotopic (exact) mass is 235 g/mol. The number of nitrogens with two attached hydrogens (primary N) is 1. The van der Waals surface area contributed by atoms with Crippen LogP contribution in [0.3, 0.4) is 0 Å². The molecule has 0 bridgehead atoms. The lowest BCUT2D eigenvalue weighted by molar-refractivity contribution is 0.438. The van der Waals surface area contributed by atoms with Gasteiger partial charge in [0.25, 0.3) is 0 Å². The Balaban J connectivity index is 2.34. The van der Waals surface area contributed by atoms with Crippen molar-refractivity contribution in [2.45, 2.75) is 6.92 Å². The van der Waals surface area contributed by atoms with Crippen molar-refractivity contribution in [1.29, 1.82) is 0 Å². The van der Waals surface area contributed by atoms with E-state index < -0.39 is 11.6 Å². The van der Waals surface area contributed by atoms with E-state index in [-0.39, 0.29) is 5.75 Å². The van der Waals surface area contributed by atoms with Crippen LogP contribution in [0, 0.1) is 18.6 Å². The van der Waals surface area contributed by atoms with Gasteiger partial charge in [-0.25, -0.2) is 8.78 Å². The van der Waals surface area contributed by atoms with Crippen LogP contribution in [0.4, 0.5) is 14.5 Å². The molecule has 0 heterocycles. The van der Waals surface area contributed by atoms with Gasteiger partial charge in [-0.2, -0.15) is 0 Å². The number of anilines is 1. The van der Waals surface area contributed by atoms with Crippen LogP contribution >= 0.6 is 0 Å². The highest BCUT2D eigenvalue weighted by Gasteiger charge is 2.08. The molecule has 2 nitrogen and oxygen atoms in total. The second kappa shape index (κ2) is 4.41. The fourth-order valence-corrected chi connectivity index (χ4v) is 1.43. The van der Waals surface area contributed by atoms with Crippen molar-refractivity contribution in [3.63, 3.8) is 0 Å². The van der Waals surface area contributed by atoms with Crippen molar-refractivity contribution in [2.24, 2.45) is 0 Å². The van der Waals surface area contributed by atoms with E-state index in [1.165, 1.54) is 0 Å². The average Bonchev–Trinajstić information content (AvgIpc) is 2.27. The predicted molar refractivity (Wildman–Crippen MR) is 62.0 cm³/mol. The predicted octanol–water partition coefficient (Wildman–Crippen LogP) is 3.65. The van der Waals surface area contributed by atoms with Gasteiger partial charge < -0.3 is 10.5 Å². The van der Waals surface area contributed by atoms with E-state index in [2.05, 4.69) is 0 Å². The summed E-state index contributed by atoms with van der Waals surface area (Å²) in [4.78, 5) is 0. The summed E-state index contributed by atoms with van der Waals surface area (Å²) < 4.78 is 31.5. The Hall–Kier alpha value is -2.10. The van der Waals surface area contributed by atoms with E-state index in [1.54, 1.807) is 18.2 Å². The molecule has 0 spiro atoms. The molecule has 0 saturated carbocycles. The van der Waals surface area contributed by atoms with Gasteiger partial charge >= 0.3 is 0 Å². The van der Waals surface area contributed by atoms with Gasteiger partial charge in [0.15, 0.2) is 11.6 Å². The van der Waals surface area contributed by atoms with E-state index in [4.69, 9.17) is 10.5 Å². The molecule has 0 aromatic heterocycles. The zero-order valence-corrected chi connectivity index (χ0v) is 9.21. The summed E-state index contributed by atoms with van der Waals surface area (Å²) in [6.07, 6.45) is 0. The van der Waals surface area contributed by atoms with Crippen LogP contribution in [-0.2, 0) is 0 Å². The smallest absolute Gasteiger partial charge is 0.166 e. The molecule has 0 aliphatic carbocycles. The van der Waals surface area contributed by atoms with Crippen LogP contribution in [0.15, 0.2) is 36.4 Å². The normalized spacial score (nSPS) is 10.3. The number of ether oxygens (including phenoxy) is 1. The Morgan fingerprint density at radius 1 is 1.00 bits per heavy atom. The van der Waals surface area contributed by atoms with Gasteiger partial charge in [0.05, 0.1) is 5.69 Å². The minimum atomic E-state index is -0.633. The van der Waals surface area contributed by atoms with Crippen LogP contribution < -0.4 is 10.5 Å². The number of rotatable bonds is 2. The van der Waals surface area contributed by atoms with E-state index in [1.807, 2.05) is 6.92 Å². The molecule has 0 amide bonds. The Bertz CT molecular complexity index is 555. The van der Waals surface area contributed by atoms with Crippen molar-refractivity contribution in [3.8, 4) is 11.5 Å². The molecular formula is C13H11F2NO. The maximum Gasteiger partial charge on any atom is 0.166 e. The third-order valence-corrected chi connectivity index (χ3v) is 2.28. The largest absolute Gasteiger partial charge is 0.452 e. The molecule has 88 valence electrons. The lowest BCUT2D eigenvalue weighted by atomic mass is 10.2. The second-order valence-electron chi connectivity index (χ2n) is 3.72. The van der Waals surface area contributed by atoms with Crippen molar-refractivity contribution in [1.82, 2.24) is 0 Å². The molecule has 0 atom stereocenters.